The van der Waals surface area contributed by atoms with E-state index in [1.165, 1.54) is 29.6 Å². The van der Waals surface area contributed by atoms with Gasteiger partial charge in [-0.2, -0.15) is 0 Å². The van der Waals surface area contributed by atoms with Crippen molar-refractivity contribution >= 4 is 56.2 Å². The molecule has 1 aromatic carbocycles. The normalized spacial score (nSPS) is 11.3. The van der Waals surface area contributed by atoms with Crippen molar-refractivity contribution in [1.82, 2.24) is 0 Å². The molecule has 0 unspecified atom stereocenters. The summed E-state index contributed by atoms with van der Waals surface area (Å²) in [5.74, 6) is -1.30. The summed E-state index contributed by atoms with van der Waals surface area (Å²) in [5, 5.41) is 10.9. The number of rotatable bonds is 4. The summed E-state index contributed by atoms with van der Waals surface area (Å²) in [6.07, 6.45) is 0. The molecule has 0 saturated carbocycles. The zero-order chi connectivity index (χ0) is 14.9. The molecule has 2 aromatic rings. The number of benzene rings is 1. The summed E-state index contributed by atoms with van der Waals surface area (Å²) >= 11 is 12.4. The predicted molar refractivity (Wildman–Crippen MR) is 78.5 cm³/mol. The fourth-order valence-corrected chi connectivity index (χ4v) is 4.32. The van der Waals surface area contributed by atoms with Crippen LogP contribution in [0.3, 0.4) is 0 Å². The highest BCUT2D eigenvalue weighted by Gasteiger charge is 2.24. The van der Waals surface area contributed by atoms with E-state index < -0.39 is 16.0 Å². The second kappa shape index (κ2) is 5.61. The number of carbonyl (C=O) groups is 1. The molecule has 2 N–H and O–H groups in total. The molecule has 1 heterocycles. The van der Waals surface area contributed by atoms with E-state index in [4.69, 9.17) is 28.3 Å². The largest absolute Gasteiger partial charge is 0.477 e. The molecule has 0 aliphatic rings. The van der Waals surface area contributed by atoms with Gasteiger partial charge >= 0.3 is 5.97 Å². The molecule has 0 atom stereocenters. The molecule has 5 nitrogen and oxygen atoms in total. The minimum atomic E-state index is -4.02. The van der Waals surface area contributed by atoms with Gasteiger partial charge < -0.3 is 5.11 Å². The Labute approximate surface area is 128 Å². The van der Waals surface area contributed by atoms with E-state index in [-0.39, 0.29) is 25.5 Å². The van der Waals surface area contributed by atoms with Crippen LogP contribution in [-0.2, 0) is 10.0 Å². The van der Waals surface area contributed by atoms with Gasteiger partial charge in [-0.25, -0.2) is 13.2 Å². The average Bonchev–Trinajstić information content (AvgIpc) is 2.75. The third-order valence-electron chi connectivity index (χ3n) is 2.23. The Morgan fingerprint density at radius 2 is 1.80 bits per heavy atom. The average molecular weight is 352 g/mol. The Morgan fingerprint density at radius 3 is 2.35 bits per heavy atom. The van der Waals surface area contributed by atoms with E-state index in [0.717, 1.165) is 11.3 Å². The van der Waals surface area contributed by atoms with Crippen molar-refractivity contribution in [2.45, 2.75) is 4.90 Å². The highest BCUT2D eigenvalue weighted by Crippen LogP contribution is 2.27. The van der Waals surface area contributed by atoms with Gasteiger partial charge in [-0.1, -0.05) is 23.2 Å². The van der Waals surface area contributed by atoms with Crippen LogP contribution in [-0.4, -0.2) is 19.5 Å². The summed E-state index contributed by atoms with van der Waals surface area (Å²) in [4.78, 5) is 10.4. The Hall–Kier alpha value is -1.28. The summed E-state index contributed by atoms with van der Waals surface area (Å²) in [6, 6.07) is 5.42. The van der Waals surface area contributed by atoms with Gasteiger partial charge in [-0.15, -0.1) is 11.3 Å². The molecule has 0 spiro atoms. The van der Waals surface area contributed by atoms with Crippen LogP contribution in [0.5, 0.6) is 0 Å². The second-order valence-corrected chi connectivity index (χ2v) is 7.12. The summed E-state index contributed by atoms with van der Waals surface area (Å²) in [6.45, 7) is 0. The molecule has 0 fully saturated rings. The lowest BCUT2D eigenvalue weighted by atomic mass is 10.3. The number of hydrogen-bond donors (Lipinski definition) is 2. The first-order chi connectivity index (χ1) is 9.29. The molecule has 0 radical (unpaired) electrons. The lowest BCUT2D eigenvalue weighted by Crippen LogP contribution is -2.15. The quantitative estimate of drug-likeness (QED) is 0.881. The van der Waals surface area contributed by atoms with Crippen molar-refractivity contribution in [2.75, 3.05) is 4.72 Å². The predicted octanol–water partition coefficient (Wildman–Crippen LogP) is 3.55. The van der Waals surface area contributed by atoms with Crippen LogP contribution in [0.4, 0.5) is 5.69 Å². The molecule has 0 aliphatic carbocycles. The van der Waals surface area contributed by atoms with Gasteiger partial charge in [0.15, 0.2) is 0 Å². The highest BCUT2D eigenvalue weighted by molar-refractivity contribution is 7.93. The number of hydrogen-bond acceptors (Lipinski definition) is 4. The maximum Gasteiger partial charge on any atom is 0.347 e. The van der Waals surface area contributed by atoms with Crippen LogP contribution in [0, 0.1) is 0 Å². The van der Waals surface area contributed by atoms with Crippen LogP contribution >= 0.6 is 34.5 Å². The van der Waals surface area contributed by atoms with Gasteiger partial charge in [0.05, 0.1) is 5.69 Å². The summed E-state index contributed by atoms with van der Waals surface area (Å²) in [7, 11) is -4.02. The van der Waals surface area contributed by atoms with Crippen molar-refractivity contribution in [1.29, 1.82) is 0 Å². The number of carboxylic acids is 1. The number of thiophene rings is 1. The topological polar surface area (TPSA) is 83.5 Å². The third-order valence-corrected chi connectivity index (χ3v) is 5.12. The summed E-state index contributed by atoms with van der Waals surface area (Å²) in [5.41, 5.74) is 0.157. The van der Waals surface area contributed by atoms with Crippen LogP contribution in [0.2, 0.25) is 10.0 Å². The van der Waals surface area contributed by atoms with Crippen LogP contribution in [0.15, 0.2) is 34.5 Å². The first-order valence-corrected chi connectivity index (χ1v) is 8.21. The van der Waals surface area contributed by atoms with E-state index in [1.807, 2.05) is 0 Å². The lowest BCUT2D eigenvalue weighted by molar-refractivity contribution is 0.0698. The zero-order valence-electron chi connectivity index (χ0n) is 9.63. The van der Waals surface area contributed by atoms with Gasteiger partial charge in [0.25, 0.3) is 10.0 Å². The minimum Gasteiger partial charge on any atom is -0.477 e. The third kappa shape index (κ3) is 3.24. The summed E-state index contributed by atoms with van der Waals surface area (Å²) < 4.78 is 26.6. The van der Waals surface area contributed by atoms with Gasteiger partial charge in [0.2, 0.25) is 0 Å². The van der Waals surface area contributed by atoms with E-state index in [2.05, 4.69) is 4.72 Å². The molecule has 106 valence electrons. The number of halogens is 2. The lowest BCUT2D eigenvalue weighted by Gasteiger charge is -2.08. The van der Waals surface area contributed by atoms with Crippen molar-refractivity contribution in [3.8, 4) is 0 Å². The molecular formula is C11H7Cl2NO4S2. The monoisotopic (exact) mass is 351 g/mol. The number of carboxylic acid groups (broad SMARTS) is 1. The molecule has 1 aromatic heterocycles. The molecular weight excluding hydrogens is 345 g/mol. The van der Waals surface area contributed by atoms with Crippen LogP contribution in [0.25, 0.3) is 0 Å². The van der Waals surface area contributed by atoms with E-state index >= 15 is 0 Å². The molecule has 9 heteroatoms. The molecule has 20 heavy (non-hydrogen) atoms. The number of sulfonamides is 1. The number of aromatic carboxylic acids is 1. The fraction of sp³-hybridized carbons (Fsp3) is 0. The first-order valence-electron chi connectivity index (χ1n) is 5.09. The number of anilines is 1. The Bertz CT molecular complexity index is 750. The molecule has 0 amide bonds. The van der Waals surface area contributed by atoms with Gasteiger partial charge in [-0.05, 0) is 29.6 Å². The standard InChI is InChI=1S/C11H7Cl2NO4S2/c12-6-3-7(13)5-8(4-6)14-20(17,18)9-1-2-19-10(9)11(15)16/h1-5,14H,(H,15,16). The van der Waals surface area contributed by atoms with E-state index in [0.29, 0.717) is 0 Å². The number of nitrogens with one attached hydrogen (secondary N) is 1. The fourth-order valence-electron chi connectivity index (χ4n) is 1.49. The van der Waals surface area contributed by atoms with E-state index in [9.17, 15) is 13.2 Å². The molecule has 0 bridgehead atoms. The smallest absolute Gasteiger partial charge is 0.347 e. The molecule has 2 rings (SSSR count). The Kier molecular flexibility index (Phi) is 4.24. The second-order valence-electron chi connectivity index (χ2n) is 3.68. The van der Waals surface area contributed by atoms with Gasteiger partial charge in [0, 0.05) is 10.0 Å². The van der Waals surface area contributed by atoms with E-state index in [1.54, 1.807) is 0 Å². The Morgan fingerprint density at radius 1 is 1.20 bits per heavy atom. The zero-order valence-corrected chi connectivity index (χ0v) is 12.8. The minimum absolute atomic E-state index is 0.157. The van der Waals surface area contributed by atoms with Crippen molar-refractivity contribution in [2.24, 2.45) is 0 Å². The van der Waals surface area contributed by atoms with Crippen molar-refractivity contribution < 1.29 is 18.3 Å². The highest BCUT2D eigenvalue weighted by atomic mass is 35.5. The van der Waals surface area contributed by atoms with Gasteiger partial charge in [-0.3, -0.25) is 4.72 Å². The van der Waals surface area contributed by atoms with Gasteiger partial charge in [0.1, 0.15) is 9.77 Å². The van der Waals surface area contributed by atoms with Crippen molar-refractivity contribution in [3.05, 3.63) is 44.6 Å². The maximum absolute atomic E-state index is 12.2. The molecule has 0 saturated heterocycles. The first kappa shape index (κ1) is 15.1. The van der Waals surface area contributed by atoms with Crippen LogP contribution < -0.4 is 4.72 Å². The SMILES string of the molecule is O=C(O)c1sccc1S(=O)(=O)Nc1cc(Cl)cc(Cl)c1. The maximum atomic E-state index is 12.2. The van der Waals surface area contributed by atoms with Crippen LogP contribution in [0.1, 0.15) is 9.67 Å². The molecule has 0 aliphatic heterocycles. The van der Waals surface area contributed by atoms with Crippen molar-refractivity contribution in [3.63, 3.8) is 0 Å². The Balaban J connectivity index is 2.41.